The maximum atomic E-state index is 5.94. The van der Waals surface area contributed by atoms with Gasteiger partial charge in [-0.2, -0.15) is 5.10 Å². The van der Waals surface area contributed by atoms with Gasteiger partial charge in [-0.3, -0.25) is 0 Å². The molecule has 1 heterocycles. The summed E-state index contributed by atoms with van der Waals surface area (Å²) in [6, 6.07) is 37.7. The summed E-state index contributed by atoms with van der Waals surface area (Å²) >= 11 is 5.94. The van der Waals surface area contributed by atoms with Gasteiger partial charge < -0.3 is 4.74 Å². The van der Waals surface area contributed by atoms with Crippen LogP contribution in [0.4, 0.5) is 5.82 Å². The number of halogens is 1. The summed E-state index contributed by atoms with van der Waals surface area (Å²) in [7, 11) is 0. The minimum absolute atomic E-state index is 0.489. The molecule has 0 bridgehead atoms. The van der Waals surface area contributed by atoms with Crippen LogP contribution in [0.2, 0.25) is 5.02 Å². The molecular formula is C29H22ClN3O. The number of hydrogen-bond acceptors (Lipinski definition) is 3. The first-order valence-corrected chi connectivity index (χ1v) is 11.3. The van der Waals surface area contributed by atoms with Gasteiger partial charge >= 0.3 is 0 Å². The van der Waals surface area contributed by atoms with Crippen LogP contribution < -0.4 is 4.74 Å². The number of rotatable bonds is 7. The largest absolute Gasteiger partial charge is 0.489 e. The van der Waals surface area contributed by atoms with Crippen molar-refractivity contribution < 1.29 is 4.74 Å². The maximum Gasteiger partial charge on any atom is 0.156 e. The molecule has 34 heavy (non-hydrogen) atoms. The van der Waals surface area contributed by atoms with Crippen molar-refractivity contribution in [1.29, 1.82) is 0 Å². The van der Waals surface area contributed by atoms with Gasteiger partial charge in [-0.05, 0) is 59.7 Å². The average molecular weight is 464 g/mol. The van der Waals surface area contributed by atoms with E-state index in [1.807, 2.05) is 126 Å². The molecular weight excluding hydrogens is 442 g/mol. The summed E-state index contributed by atoms with van der Waals surface area (Å²) in [6.45, 7) is 0.489. The minimum atomic E-state index is 0.489. The number of para-hydroxylation sites is 1. The monoisotopic (exact) mass is 463 g/mol. The topological polar surface area (TPSA) is 39.4 Å². The predicted molar refractivity (Wildman–Crippen MR) is 138 cm³/mol. The van der Waals surface area contributed by atoms with Crippen LogP contribution in [0.3, 0.4) is 0 Å². The lowest BCUT2D eigenvalue weighted by atomic mass is 10.2. The Kier molecular flexibility index (Phi) is 6.50. The molecule has 0 aliphatic rings. The molecule has 0 fully saturated rings. The summed E-state index contributed by atoms with van der Waals surface area (Å²) in [5.74, 6) is 1.56. The van der Waals surface area contributed by atoms with Crippen LogP contribution in [0.1, 0.15) is 11.1 Å². The van der Waals surface area contributed by atoms with Crippen LogP contribution >= 0.6 is 11.6 Å². The van der Waals surface area contributed by atoms with Crippen molar-refractivity contribution in [2.45, 2.75) is 6.61 Å². The lowest BCUT2D eigenvalue weighted by Crippen LogP contribution is -1.96. The zero-order chi connectivity index (χ0) is 23.2. The molecule has 5 heteroatoms. The van der Waals surface area contributed by atoms with E-state index in [4.69, 9.17) is 26.4 Å². The third kappa shape index (κ3) is 5.25. The van der Waals surface area contributed by atoms with Gasteiger partial charge in [-0.1, -0.05) is 72.3 Å². The minimum Gasteiger partial charge on any atom is -0.489 e. The second-order valence-corrected chi connectivity index (χ2v) is 8.18. The summed E-state index contributed by atoms with van der Waals surface area (Å²) < 4.78 is 7.74. The maximum absolute atomic E-state index is 5.94. The Morgan fingerprint density at radius 3 is 2.18 bits per heavy atom. The Hall–Kier alpha value is -4.15. The van der Waals surface area contributed by atoms with E-state index in [1.54, 1.807) is 0 Å². The molecule has 0 atom stereocenters. The molecule has 0 radical (unpaired) electrons. The van der Waals surface area contributed by atoms with E-state index in [1.165, 1.54) is 0 Å². The highest BCUT2D eigenvalue weighted by Crippen LogP contribution is 2.26. The van der Waals surface area contributed by atoms with Gasteiger partial charge in [0.2, 0.25) is 0 Å². The molecule has 4 nitrogen and oxygen atoms in total. The van der Waals surface area contributed by atoms with Gasteiger partial charge in [0.25, 0.3) is 0 Å². The first-order chi connectivity index (χ1) is 16.7. The lowest BCUT2D eigenvalue weighted by Gasteiger charge is -2.06. The molecule has 5 rings (SSSR count). The van der Waals surface area contributed by atoms with Gasteiger partial charge in [0.05, 0.1) is 11.4 Å². The van der Waals surface area contributed by atoms with Crippen molar-refractivity contribution in [3.8, 4) is 22.7 Å². The van der Waals surface area contributed by atoms with Crippen molar-refractivity contribution >= 4 is 23.6 Å². The molecule has 0 aliphatic carbocycles. The van der Waals surface area contributed by atoms with Crippen LogP contribution in [0.25, 0.3) is 16.9 Å². The highest BCUT2D eigenvalue weighted by atomic mass is 35.5. The number of hydrogen-bond donors (Lipinski definition) is 0. The molecule has 5 aromatic rings. The SMILES string of the molecule is Clc1ccc(COc2ccc(C=Nc3cc(-c4ccccc4)nn3-c3ccccc3)cc2)cc1. The number of benzene rings is 4. The summed E-state index contributed by atoms with van der Waals surface area (Å²) in [6.07, 6.45) is 1.84. The van der Waals surface area contributed by atoms with Crippen molar-refractivity contribution in [1.82, 2.24) is 9.78 Å². The van der Waals surface area contributed by atoms with E-state index >= 15 is 0 Å². The Morgan fingerprint density at radius 1 is 0.794 bits per heavy atom. The van der Waals surface area contributed by atoms with Crippen molar-refractivity contribution in [3.05, 3.63) is 131 Å². The Bertz CT molecular complexity index is 1380. The van der Waals surface area contributed by atoms with Gasteiger partial charge in [0.1, 0.15) is 12.4 Å². The van der Waals surface area contributed by atoms with Crippen LogP contribution in [0, 0.1) is 0 Å². The Balaban J connectivity index is 1.35. The molecule has 0 saturated carbocycles. The van der Waals surface area contributed by atoms with E-state index in [-0.39, 0.29) is 0 Å². The van der Waals surface area contributed by atoms with Crippen molar-refractivity contribution in [2.24, 2.45) is 4.99 Å². The summed E-state index contributed by atoms with van der Waals surface area (Å²) in [5.41, 5.74) is 4.93. The van der Waals surface area contributed by atoms with E-state index < -0.39 is 0 Å². The number of ether oxygens (including phenoxy) is 1. The Labute approximate surface area is 203 Å². The predicted octanol–water partition coefficient (Wildman–Crippen LogP) is 7.52. The normalized spacial score (nSPS) is 11.1. The standard InChI is InChI=1S/C29H22ClN3O/c30-25-15-11-23(12-16-25)21-34-27-17-13-22(14-18-27)20-31-29-19-28(24-7-3-1-4-8-24)32-33(29)26-9-5-2-6-10-26/h1-20H,21H2. The van der Waals surface area contributed by atoms with Gasteiger partial charge in [-0.25, -0.2) is 9.67 Å². The number of nitrogens with zero attached hydrogens (tertiary/aromatic N) is 3. The fourth-order valence-electron chi connectivity index (χ4n) is 3.51. The van der Waals surface area contributed by atoms with E-state index in [9.17, 15) is 0 Å². The van der Waals surface area contributed by atoms with E-state index in [2.05, 4.69) is 0 Å². The first kappa shape index (κ1) is 21.7. The zero-order valence-corrected chi connectivity index (χ0v) is 19.1. The third-order valence-electron chi connectivity index (χ3n) is 5.31. The molecule has 0 saturated heterocycles. The van der Waals surface area contributed by atoms with Crippen molar-refractivity contribution in [2.75, 3.05) is 0 Å². The smallest absolute Gasteiger partial charge is 0.156 e. The van der Waals surface area contributed by atoms with E-state index in [0.29, 0.717) is 6.61 Å². The highest BCUT2D eigenvalue weighted by molar-refractivity contribution is 6.30. The Morgan fingerprint density at radius 2 is 1.47 bits per heavy atom. The molecule has 4 aromatic carbocycles. The number of aliphatic imine (C=N–C) groups is 1. The molecule has 0 unspecified atom stereocenters. The fourth-order valence-corrected chi connectivity index (χ4v) is 3.64. The van der Waals surface area contributed by atoms with Crippen molar-refractivity contribution in [3.63, 3.8) is 0 Å². The fraction of sp³-hybridized carbons (Fsp3) is 0.0345. The lowest BCUT2D eigenvalue weighted by molar-refractivity contribution is 0.306. The average Bonchev–Trinajstić information content (AvgIpc) is 3.33. The molecule has 0 amide bonds. The van der Waals surface area contributed by atoms with Gasteiger partial charge in [0, 0.05) is 22.9 Å². The van der Waals surface area contributed by atoms with Crippen LogP contribution in [-0.2, 0) is 6.61 Å². The molecule has 0 spiro atoms. The van der Waals surface area contributed by atoms with Gasteiger partial charge in [0.15, 0.2) is 5.82 Å². The molecule has 0 N–H and O–H groups in total. The summed E-state index contributed by atoms with van der Waals surface area (Å²) in [4.78, 5) is 4.75. The second kappa shape index (κ2) is 10.2. The number of aromatic nitrogens is 2. The highest BCUT2D eigenvalue weighted by Gasteiger charge is 2.10. The third-order valence-corrected chi connectivity index (χ3v) is 5.56. The quantitative estimate of drug-likeness (QED) is 0.234. The molecule has 0 aliphatic heterocycles. The zero-order valence-electron chi connectivity index (χ0n) is 18.4. The van der Waals surface area contributed by atoms with Gasteiger partial charge in [-0.15, -0.1) is 0 Å². The first-order valence-electron chi connectivity index (χ1n) is 11.0. The molecule has 166 valence electrons. The van der Waals surface area contributed by atoms with E-state index in [0.717, 1.165) is 44.7 Å². The summed E-state index contributed by atoms with van der Waals surface area (Å²) in [5, 5.41) is 5.53. The van der Waals surface area contributed by atoms with Crippen LogP contribution in [0.5, 0.6) is 5.75 Å². The van der Waals surface area contributed by atoms with Crippen LogP contribution in [0.15, 0.2) is 120 Å². The molecule has 1 aromatic heterocycles. The second-order valence-electron chi connectivity index (χ2n) is 7.74. The van der Waals surface area contributed by atoms with Crippen LogP contribution in [-0.4, -0.2) is 16.0 Å².